The molecule has 1 amide bonds. The number of hydrogen-bond acceptors (Lipinski definition) is 4. The number of nitrogens with zero attached hydrogens (tertiary/aromatic N) is 4. The van der Waals surface area contributed by atoms with Crippen LogP contribution in [0.5, 0.6) is 0 Å². The van der Waals surface area contributed by atoms with Crippen molar-refractivity contribution >= 4 is 5.91 Å². The fourth-order valence-electron chi connectivity index (χ4n) is 2.20. The van der Waals surface area contributed by atoms with Crippen molar-refractivity contribution in [3.05, 3.63) is 11.9 Å². The summed E-state index contributed by atoms with van der Waals surface area (Å²) in [6.07, 6.45) is 5.21. The van der Waals surface area contributed by atoms with Crippen LogP contribution in [-0.4, -0.2) is 44.9 Å². The highest BCUT2D eigenvalue weighted by molar-refractivity contribution is 5.81. The fourth-order valence-corrected chi connectivity index (χ4v) is 2.20. The van der Waals surface area contributed by atoms with E-state index in [-0.39, 0.29) is 11.9 Å². The zero-order chi connectivity index (χ0) is 13.0. The van der Waals surface area contributed by atoms with Crippen LogP contribution in [0.2, 0.25) is 0 Å². The minimum Gasteiger partial charge on any atom is -0.341 e. The van der Waals surface area contributed by atoms with Crippen LogP contribution >= 0.6 is 0 Å². The lowest BCUT2D eigenvalue weighted by molar-refractivity contribution is -0.133. The molecule has 1 atom stereocenters. The standard InChI is InChI=1S/C12H21N5O/c1-10(12(18)17-6-4-3-5-7-17)13-8-11-9-14-15-16(11)2/h9-10,13H,3-8H2,1-2H3. The maximum Gasteiger partial charge on any atom is 0.239 e. The van der Waals surface area contributed by atoms with E-state index in [1.165, 1.54) is 6.42 Å². The Hall–Kier alpha value is -1.43. The van der Waals surface area contributed by atoms with Crippen molar-refractivity contribution in [3.63, 3.8) is 0 Å². The molecule has 0 aromatic carbocycles. The second-order valence-electron chi connectivity index (χ2n) is 4.84. The predicted octanol–water partition coefficient (Wildman–Crippen LogP) is 0.306. The number of carbonyl (C=O) groups excluding carboxylic acids is 1. The number of amides is 1. The van der Waals surface area contributed by atoms with Gasteiger partial charge in [0.1, 0.15) is 0 Å². The van der Waals surface area contributed by atoms with Crippen molar-refractivity contribution in [2.24, 2.45) is 7.05 Å². The molecule has 0 aliphatic carbocycles. The van der Waals surface area contributed by atoms with E-state index in [0.29, 0.717) is 6.54 Å². The van der Waals surface area contributed by atoms with E-state index in [0.717, 1.165) is 31.6 Å². The van der Waals surface area contributed by atoms with E-state index in [2.05, 4.69) is 15.6 Å². The van der Waals surface area contributed by atoms with Crippen molar-refractivity contribution < 1.29 is 4.79 Å². The van der Waals surface area contributed by atoms with Crippen LogP contribution in [0, 0.1) is 0 Å². The van der Waals surface area contributed by atoms with Crippen LogP contribution in [0.15, 0.2) is 6.20 Å². The average Bonchev–Trinajstić information content (AvgIpc) is 2.81. The molecule has 6 heteroatoms. The molecule has 1 aliphatic heterocycles. The Kier molecular flexibility index (Phi) is 4.30. The molecule has 100 valence electrons. The molecule has 0 saturated carbocycles. The van der Waals surface area contributed by atoms with Gasteiger partial charge in [-0.3, -0.25) is 9.48 Å². The first-order chi connectivity index (χ1) is 8.68. The zero-order valence-electron chi connectivity index (χ0n) is 11.1. The van der Waals surface area contributed by atoms with Crippen LogP contribution < -0.4 is 5.32 Å². The van der Waals surface area contributed by atoms with E-state index < -0.39 is 0 Å². The summed E-state index contributed by atoms with van der Waals surface area (Å²) in [6.45, 7) is 4.33. The molecule has 1 unspecified atom stereocenters. The molecule has 0 radical (unpaired) electrons. The summed E-state index contributed by atoms with van der Waals surface area (Å²) in [6, 6.07) is -0.155. The summed E-state index contributed by atoms with van der Waals surface area (Å²) < 4.78 is 1.71. The lowest BCUT2D eigenvalue weighted by Gasteiger charge is -2.29. The third kappa shape index (κ3) is 3.07. The van der Waals surface area contributed by atoms with E-state index in [9.17, 15) is 4.79 Å². The average molecular weight is 251 g/mol. The van der Waals surface area contributed by atoms with E-state index >= 15 is 0 Å². The van der Waals surface area contributed by atoms with Crippen molar-refractivity contribution in [2.45, 2.75) is 38.8 Å². The van der Waals surface area contributed by atoms with Gasteiger partial charge in [0.25, 0.3) is 0 Å². The van der Waals surface area contributed by atoms with Crippen LogP contribution in [0.1, 0.15) is 31.9 Å². The maximum absolute atomic E-state index is 12.2. The Balaban J connectivity index is 1.82. The first-order valence-electron chi connectivity index (χ1n) is 6.54. The molecular weight excluding hydrogens is 230 g/mol. The van der Waals surface area contributed by atoms with Crippen molar-refractivity contribution in [3.8, 4) is 0 Å². The van der Waals surface area contributed by atoms with Crippen LogP contribution in [-0.2, 0) is 18.4 Å². The van der Waals surface area contributed by atoms with E-state index in [1.807, 2.05) is 18.9 Å². The summed E-state index contributed by atoms with van der Waals surface area (Å²) in [5.74, 6) is 0.199. The summed E-state index contributed by atoms with van der Waals surface area (Å²) in [4.78, 5) is 14.1. The number of aryl methyl sites for hydroxylation is 1. The molecule has 1 aromatic heterocycles. The quantitative estimate of drug-likeness (QED) is 0.836. The molecule has 18 heavy (non-hydrogen) atoms. The largest absolute Gasteiger partial charge is 0.341 e. The Labute approximate surface area is 107 Å². The molecule has 2 heterocycles. The van der Waals surface area contributed by atoms with Gasteiger partial charge >= 0.3 is 0 Å². The monoisotopic (exact) mass is 251 g/mol. The van der Waals surface area contributed by atoms with Crippen LogP contribution in [0.4, 0.5) is 0 Å². The highest BCUT2D eigenvalue weighted by atomic mass is 16.2. The minimum atomic E-state index is -0.155. The van der Waals surface area contributed by atoms with E-state index in [4.69, 9.17) is 0 Å². The normalized spacial score (nSPS) is 17.8. The van der Waals surface area contributed by atoms with Crippen molar-refractivity contribution in [1.82, 2.24) is 25.2 Å². The minimum absolute atomic E-state index is 0.155. The van der Waals surface area contributed by atoms with Gasteiger partial charge in [-0.1, -0.05) is 5.21 Å². The van der Waals surface area contributed by atoms with Gasteiger partial charge < -0.3 is 10.2 Å². The van der Waals surface area contributed by atoms with Crippen LogP contribution in [0.25, 0.3) is 0 Å². The number of hydrogen-bond donors (Lipinski definition) is 1. The lowest BCUT2D eigenvalue weighted by atomic mass is 10.1. The number of aromatic nitrogens is 3. The third-order valence-electron chi connectivity index (χ3n) is 3.44. The van der Waals surface area contributed by atoms with Gasteiger partial charge in [0.2, 0.25) is 5.91 Å². The summed E-state index contributed by atoms with van der Waals surface area (Å²) in [5, 5.41) is 10.9. The maximum atomic E-state index is 12.2. The van der Waals surface area contributed by atoms with Gasteiger partial charge in [0, 0.05) is 26.7 Å². The molecule has 1 aromatic rings. The lowest BCUT2D eigenvalue weighted by Crippen LogP contribution is -2.46. The molecule has 2 rings (SSSR count). The van der Waals surface area contributed by atoms with Crippen molar-refractivity contribution in [1.29, 1.82) is 0 Å². The number of rotatable bonds is 4. The molecule has 1 N–H and O–H groups in total. The second kappa shape index (κ2) is 5.95. The van der Waals surface area contributed by atoms with Gasteiger partial charge in [-0.2, -0.15) is 0 Å². The topological polar surface area (TPSA) is 63.1 Å². The van der Waals surface area contributed by atoms with Gasteiger partial charge in [-0.15, -0.1) is 5.10 Å². The highest BCUT2D eigenvalue weighted by Gasteiger charge is 2.21. The van der Waals surface area contributed by atoms with Gasteiger partial charge in [-0.25, -0.2) is 0 Å². The van der Waals surface area contributed by atoms with Gasteiger partial charge in [0.15, 0.2) is 0 Å². The van der Waals surface area contributed by atoms with Crippen LogP contribution in [0.3, 0.4) is 0 Å². The molecular formula is C12H21N5O. The molecule has 0 spiro atoms. The highest BCUT2D eigenvalue weighted by Crippen LogP contribution is 2.10. The summed E-state index contributed by atoms with van der Waals surface area (Å²) in [5.41, 5.74) is 0.980. The molecule has 1 fully saturated rings. The van der Waals surface area contributed by atoms with Crippen molar-refractivity contribution in [2.75, 3.05) is 13.1 Å². The predicted molar refractivity (Wildman–Crippen MR) is 67.7 cm³/mol. The second-order valence-corrected chi connectivity index (χ2v) is 4.84. The number of likely N-dealkylation sites (tertiary alicyclic amines) is 1. The Morgan fingerprint density at radius 1 is 1.44 bits per heavy atom. The van der Waals surface area contributed by atoms with Gasteiger partial charge in [-0.05, 0) is 26.2 Å². The zero-order valence-corrected chi connectivity index (χ0v) is 11.1. The Morgan fingerprint density at radius 3 is 2.78 bits per heavy atom. The first kappa shape index (κ1) is 13.0. The first-order valence-corrected chi connectivity index (χ1v) is 6.54. The molecule has 0 bridgehead atoms. The molecule has 1 saturated heterocycles. The number of carbonyl (C=O) groups is 1. The fraction of sp³-hybridized carbons (Fsp3) is 0.750. The smallest absolute Gasteiger partial charge is 0.239 e. The van der Waals surface area contributed by atoms with E-state index in [1.54, 1.807) is 10.9 Å². The molecule has 6 nitrogen and oxygen atoms in total. The SMILES string of the molecule is CC(NCc1cnnn1C)C(=O)N1CCCCC1. The number of nitrogens with one attached hydrogen (secondary N) is 1. The summed E-state index contributed by atoms with van der Waals surface area (Å²) >= 11 is 0. The molecule has 1 aliphatic rings. The Morgan fingerprint density at radius 2 is 2.17 bits per heavy atom. The summed E-state index contributed by atoms with van der Waals surface area (Å²) in [7, 11) is 1.85. The third-order valence-corrected chi connectivity index (χ3v) is 3.44. The van der Waals surface area contributed by atoms with Gasteiger partial charge in [0.05, 0.1) is 17.9 Å². The Bertz CT molecular complexity index is 397. The number of piperidine rings is 1.